The third-order valence-corrected chi connectivity index (χ3v) is 4.51. The van der Waals surface area contributed by atoms with Crippen molar-refractivity contribution in [2.24, 2.45) is 0 Å². The van der Waals surface area contributed by atoms with Crippen LogP contribution in [-0.4, -0.2) is 22.2 Å². The number of ether oxygens (including phenoxy) is 1. The summed E-state index contributed by atoms with van der Waals surface area (Å²) in [6.07, 6.45) is 0. The van der Waals surface area contributed by atoms with Gasteiger partial charge < -0.3 is 4.74 Å². The molecule has 8 heteroatoms. The van der Waals surface area contributed by atoms with Crippen LogP contribution in [0.15, 0.2) is 10.3 Å². The first kappa shape index (κ1) is 11.7. The molecule has 0 atom stereocenters. The lowest BCUT2D eigenvalue weighted by atomic mass is 10.5. The monoisotopic (exact) mass is 260 g/mol. The number of thiophene rings is 1. The Labute approximate surface area is 89.1 Å². The maximum Gasteiger partial charge on any atom is 0.348 e. The van der Waals surface area contributed by atoms with E-state index < -0.39 is 25.8 Å². The molecule has 1 aromatic rings. The van der Waals surface area contributed by atoms with Gasteiger partial charge in [0.05, 0.1) is 7.11 Å². The summed E-state index contributed by atoms with van der Waals surface area (Å²) < 4.78 is 34.8. The fraction of sp³-hybridized carbons (Fsp3) is 0.167. The Morgan fingerprint density at radius 2 is 2.29 bits per heavy atom. The van der Waals surface area contributed by atoms with E-state index in [4.69, 9.17) is 19.8 Å². The Kier molecular flexibility index (Phi) is 3.38. The highest BCUT2D eigenvalue weighted by Crippen LogP contribution is 2.56. The molecule has 0 radical (unpaired) electrons. The second-order valence-electron chi connectivity index (χ2n) is 2.22. The zero-order valence-electron chi connectivity index (χ0n) is 6.86. The van der Waals surface area contributed by atoms with Crippen molar-refractivity contribution in [1.82, 2.24) is 0 Å². The van der Waals surface area contributed by atoms with Crippen LogP contribution in [0, 0.1) is 5.82 Å². The van der Waals surface area contributed by atoms with Gasteiger partial charge in [0.25, 0.3) is 0 Å². The fourth-order valence-corrected chi connectivity index (χ4v) is 2.92. The molecule has 0 aliphatic heterocycles. The minimum absolute atomic E-state index is 0.0689. The number of carbonyl (C=O) groups is 1. The smallest absolute Gasteiger partial charge is 0.348 e. The zero-order valence-corrected chi connectivity index (χ0v) is 9.25. The second-order valence-corrected chi connectivity index (χ2v) is 6.19. The number of methoxy groups -OCH3 is 1. The van der Waals surface area contributed by atoms with E-state index in [1.54, 1.807) is 0 Å². The fourth-order valence-electron chi connectivity index (χ4n) is 0.730. The first-order valence-corrected chi connectivity index (χ1v) is 6.40. The standard InChI is InChI=1S/C6H6ClFO4S2/c1-12-5(9)4-2-3(8)6(13-4)14(7,10)11/h2,10-11H,1H3. The van der Waals surface area contributed by atoms with Crippen LogP contribution in [0.2, 0.25) is 0 Å². The molecule has 2 N–H and O–H groups in total. The molecule has 1 rings (SSSR count). The van der Waals surface area contributed by atoms with Crippen molar-refractivity contribution in [2.45, 2.75) is 4.21 Å². The summed E-state index contributed by atoms with van der Waals surface area (Å²) in [6, 6.07) is 0.850. The van der Waals surface area contributed by atoms with E-state index in [1.807, 2.05) is 0 Å². The third kappa shape index (κ3) is 2.37. The Bertz CT molecular complexity index is 359. The van der Waals surface area contributed by atoms with Crippen LogP contribution in [0.25, 0.3) is 0 Å². The van der Waals surface area contributed by atoms with Gasteiger partial charge in [-0.05, 0) is 0 Å². The van der Waals surface area contributed by atoms with Gasteiger partial charge in [0.2, 0.25) is 0 Å². The van der Waals surface area contributed by atoms with E-state index in [2.05, 4.69) is 4.74 Å². The normalized spacial score (nSPS) is 12.6. The Hall–Kier alpha value is -0.340. The van der Waals surface area contributed by atoms with Crippen molar-refractivity contribution in [1.29, 1.82) is 0 Å². The Morgan fingerprint density at radius 3 is 2.64 bits per heavy atom. The maximum atomic E-state index is 13.0. The molecule has 0 fully saturated rings. The summed E-state index contributed by atoms with van der Waals surface area (Å²) in [5, 5.41) is 0. The van der Waals surface area contributed by atoms with Crippen molar-refractivity contribution in [3.05, 3.63) is 16.8 Å². The summed E-state index contributed by atoms with van der Waals surface area (Å²) in [7, 11) is 2.63. The van der Waals surface area contributed by atoms with E-state index >= 15 is 0 Å². The van der Waals surface area contributed by atoms with Gasteiger partial charge in [0, 0.05) is 16.7 Å². The van der Waals surface area contributed by atoms with E-state index in [9.17, 15) is 9.18 Å². The molecule has 4 nitrogen and oxygen atoms in total. The molecule has 0 aromatic carbocycles. The minimum atomic E-state index is -3.65. The lowest BCUT2D eigenvalue weighted by molar-refractivity contribution is 0.0606. The van der Waals surface area contributed by atoms with Crippen LogP contribution in [0.5, 0.6) is 0 Å². The zero-order chi connectivity index (χ0) is 10.9. The van der Waals surface area contributed by atoms with Crippen LogP contribution in [0.1, 0.15) is 9.67 Å². The largest absolute Gasteiger partial charge is 0.465 e. The highest BCUT2D eigenvalue weighted by molar-refractivity contribution is 8.43. The van der Waals surface area contributed by atoms with E-state index in [0.717, 1.165) is 13.2 Å². The van der Waals surface area contributed by atoms with E-state index in [-0.39, 0.29) is 4.88 Å². The first-order valence-electron chi connectivity index (χ1n) is 3.21. The molecule has 0 saturated carbocycles. The van der Waals surface area contributed by atoms with Crippen LogP contribution >= 0.6 is 31.8 Å². The van der Waals surface area contributed by atoms with Gasteiger partial charge in [-0.2, -0.15) is 0 Å². The molecule has 1 heterocycles. The third-order valence-electron chi connectivity index (χ3n) is 1.28. The quantitative estimate of drug-likeness (QED) is 0.803. The van der Waals surface area contributed by atoms with Gasteiger partial charge in [0.15, 0.2) is 10.0 Å². The van der Waals surface area contributed by atoms with Gasteiger partial charge >= 0.3 is 5.97 Å². The van der Waals surface area contributed by atoms with Crippen LogP contribution in [0.4, 0.5) is 4.39 Å². The predicted molar refractivity (Wildman–Crippen MR) is 52.6 cm³/mol. The first-order chi connectivity index (χ1) is 6.36. The average Bonchev–Trinajstić information content (AvgIpc) is 2.45. The number of carbonyl (C=O) groups excluding carboxylic acids is 1. The molecule has 0 unspecified atom stereocenters. The maximum absolute atomic E-state index is 13.0. The SMILES string of the molecule is COC(=O)c1cc(F)c(S(O)(O)Cl)s1. The highest BCUT2D eigenvalue weighted by atomic mass is 35.7. The average molecular weight is 261 g/mol. The highest BCUT2D eigenvalue weighted by Gasteiger charge is 2.24. The molecule has 0 saturated heterocycles. The molecule has 80 valence electrons. The van der Waals surface area contributed by atoms with Crippen LogP contribution < -0.4 is 0 Å². The van der Waals surface area contributed by atoms with Crippen LogP contribution in [0.3, 0.4) is 0 Å². The van der Waals surface area contributed by atoms with Crippen molar-refractivity contribution >= 4 is 37.8 Å². The molecule has 0 spiro atoms. The van der Waals surface area contributed by atoms with Crippen molar-refractivity contribution in [3.8, 4) is 0 Å². The summed E-state index contributed by atoms with van der Waals surface area (Å²) in [4.78, 5) is 10.9. The van der Waals surface area contributed by atoms with Gasteiger partial charge in [0.1, 0.15) is 4.88 Å². The number of rotatable bonds is 2. The van der Waals surface area contributed by atoms with Gasteiger partial charge in [-0.15, -0.1) is 11.3 Å². The number of hydrogen-bond acceptors (Lipinski definition) is 5. The minimum Gasteiger partial charge on any atom is -0.465 e. The lowest BCUT2D eigenvalue weighted by Crippen LogP contribution is -1.96. The molecule has 0 aliphatic rings. The topological polar surface area (TPSA) is 66.8 Å². The summed E-state index contributed by atoms with van der Waals surface area (Å²) in [5.74, 6) is -1.68. The number of halogens is 2. The molecule has 0 aliphatic carbocycles. The summed E-state index contributed by atoms with van der Waals surface area (Å²) in [6.45, 7) is 0. The molecule has 1 aromatic heterocycles. The van der Waals surface area contributed by atoms with Crippen molar-refractivity contribution in [2.75, 3.05) is 7.11 Å². The molecular formula is C6H6ClFO4S2. The Morgan fingerprint density at radius 1 is 1.71 bits per heavy atom. The van der Waals surface area contributed by atoms with E-state index in [1.165, 1.54) is 0 Å². The van der Waals surface area contributed by atoms with Crippen LogP contribution in [-0.2, 0) is 4.74 Å². The summed E-state index contributed by atoms with van der Waals surface area (Å²) in [5.41, 5.74) is 0. The van der Waals surface area contributed by atoms with Gasteiger partial charge in [-0.3, -0.25) is 9.11 Å². The lowest BCUT2D eigenvalue weighted by Gasteiger charge is -2.20. The second kappa shape index (κ2) is 4.03. The van der Waals surface area contributed by atoms with Gasteiger partial charge in [-0.1, -0.05) is 9.80 Å². The number of hydrogen-bond donors (Lipinski definition) is 2. The molecular weight excluding hydrogens is 255 g/mol. The van der Waals surface area contributed by atoms with Gasteiger partial charge in [-0.25, -0.2) is 9.18 Å². The Balaban J connectivity index is 3.12. The predicted octanol–water partition coefficient (Wildman–Crippen LogP) is 2.94. The van der Waals surface area contributed by atoms with Crippen molar-refractivity contribution in [3.63, 3.8) is 0 Å². The van der Waals surface area contributed by atoms with E-state index in [0.29, 0.717) is 11.3 Å². The molecule has 0 bridgehead atoms. The summed E-state index contributed by atoms with van der Waals surface area (Å²) >= 11 is 0.555. The molecule has 0 amide bonds. The molecule has 14 heavy (non-hydrogen) atoms. The number of esters is 1. The van der Waals surface area contributed by atoms with Crippen molar-refractivity contribution < 1.29 is 23.0 Å².